The van der Waals surface area contributed by atoms with Gasteiger partial charge in [0.15, 0.2) is 0 Å². The van der Waals surface area contributed by atoms with E-state index in [1.54, 1.807) is 25.1 Å². The van der Waals surface area contributed by atoms with Gasteiger partial charge < -0.3 is 15.0 Å². The lowest BCUT2D eigenvalue weighted by Gasteiger charge is -2.22. The number of hydrogen-bond acceptors (Lipinski definition) is 4. The second kappa shape index (κ2) is 9.82. The van der Waals surface area contributed by atoms with Crippen LogP contribution in [0.2, 0.25) is 0 Å². The van der Waals surface area contributed by atoms with Crippen molar-refractivity contribution in [2.75, 3.05) is 31.6 Å². The lowest BCUT2D eigenvalue weighted by atomic mass is 10.2. The topological polar surface area (TPSA) is 58.6 Å². The number of rotatable bonds is 9. The van der Waals surface area contributed by atoms with Crippen molar-refractivity contribution in [1.29, 1.82) is 0 Å². The van der Waals surface area contributed by atoms with E-state index in [0.29, 0.717) is 17.9 Å². The molecule has 122 valence electrons. The fourth-order valence-corrected chi connectivity index (χ4v) is 2.21. The molecule has 1 aromatic rings. The summed E-state index contributed by atoms with van der Waals surface area (Å²) in [6, 6.07) is 7.08. The molecule has 5 nitrogen and oxygen atoms in total. The Morgan fingerprint density at radius 2 is 1.73 bits per heavy atom. The summed E-state index contributed by atoms with van der Waals surface area (Å²) in [4.78, 5) is 26.0. The third-order valence-electron chi connectivity index (χ3n) is 3.19. The van der Waals surface area contributed by atoms with Gasteiger partial charge in [-0.15, -0.1) is 0 Å². The number of benzene rings is 1. The van der Waals surface area contributed by atoms with Crippen molar-refractivity contribution < 1.29 is 14.3 Å². The zero-order valence-corrected chi connectivity index (χ0v) is 13.7. The van der Waals surface area contributed by atoms with Gasteiger partial charge in [0.05, 0.1) is 18.7 Å². The Kier molecular flexibility index (Phi) is 8.04. The highest BCUT2D eigenvalue weighted by atomic mass is 16.5. The van der Waals surface area contributed by atoms with E-state index in [2.05, 4.69) is 19.2 Å². The number of amides is 1. The monoisotopic (exact) mass is 306 g/mol. The largest absolute Gasteiger partial charge is 0.462 e. The molecule has 0 bridgehead atoms. The van der Waals surface area contributed by atoms with Crippen LogP contribution in [0.15, 0.2) is 24.3 Å². The predicted molar refractivity (Wildman–Crippen MR) is 88.1 cm³/mol. The minimum absolute atomic E-state index is 0.0439. The maximum atomic E-state index is 12.3. The molecule has 0 aliphatic carbocycles. The molecule has 0 unspecified atom stereocenters. The number of esters is 1. The Bertz CT molecular complexity index is 483. The van der Waals surface area contributed by atoms with Crippen molar-refractivity contribution in [3.8, 4) is 0 Å². The Morgan fingerprint density at radius 3 is 2.32 bits per heavy atom. The van der Waals surface area contributed by atoms with Gasteiger partial charge in [0.25, 0.3) is 0 Å². The van der Waals surface area contributed by atoms with Crippen LogP contribution in [0.25, 0.3) is 0 Å². The molecule has 0 aromatic heterocycles. The molecule has 0 saturated carbocycles. The SMILES string of the molecule is CCCN(CCC)C(=O)CNc1ccccc1C(=O)OCC. The van der Waals surface area contributed by atoms with Gasteiger partial charge in [-0.2, -0.15) is 0 Å². The van der Waals surface area contributed by atoms with Gasteiger partial charge in [0.1, 0.15) is 0 Å². The van der Waals surface area contributed by atoms with Crippen molar-refractivity contribution >= 4 is 17.6 Å². The van der Waals surface area contributed by atoms with E-state index >= 15 is 0 Å². The molecule has 1 rings (SSSR count). The lowest BCUT2D eigenvalue weighted by Crippen LogP contribution is -2.36. The second-order valence-corrected chi connectivity index (χ2v) is 5.00. The predicted octanol–water partition coefficient (Wildman–Crippen LogP) is 2.92. The standard InChI is InChI=1S/C17H26N2O3/c1-4-11-19(12-5-2)16(20)13-18-15-10-8-7-9-14(15)17(21)22-6-3/h7-10,18H,4-6,11-13H2,1-3H3. The van der Waals surface area contributed by atoms with Crippen molar-refractivity contribution in [1.82, 2.24) is 4.90 Å². The summed E-state index contributed by atoms with van der Waals surface area (Å²) >= 11 is 0. The van der Waals surface area contributed by atoms with Gasteiger partial charge in [-0.05, 0) is 31.9 Å². The number of para-hydroxylation sites is 1. The smallest absolute Gasteiger partial charge is 0.340 e. The molecule has 0 spiro atoms. The Balaban J connectivity index is 2.71. The van der Waals surface area contributed by atoms with Crippen LogP contribution in [-0.4, -0.2) is 43.0 Å². The molecule has 1 aromatic carbocycles. The van der Waals surface area contributed by atoms with E-state index < -0.39 is 0 Å². The summed E-state index contributed by atoms with van der Waals surface area (Å²) in [5.41, 5.74) is 1.08. The zero-order valence-electron chi connectivity index (χ0n) is 13.7. The van der Waals surface area contributed by atoms with Gasteiger partial charge in [-0.1, -0.05) is 26.0 Å². The highest BCUT2D eigenvalue weighted by Gasteiger charge is 2.15. The number of hydrogen-bond donors (Lipinski definition) is 1. The Labute approximate surface area is 132 Å². The van der Waals surface area contributed by atoms with E-state index in [-0.39, 0.29) is 18.4 Å². The molecule has 0 aliphatic rings. The van der Waals surface area contributed by atoms with Gasteiger partial charge in [0, 0.05) is 18.8 Å². The summed E-state index contributed by atoms with van der Waals surface area (Å²) in [5.74, 6) is -0.334. The summed E-state index contributed by atoms with van der Waals surface area (Å²) in [7, 11) is 0. The molecule has 0 saturated heterocycles. The number of carbonyl (C=O) groups is 2. The first-order valence-corrected chi connectivity index (χ1v) is 7.91. The number of nitrogens with zero attached hydrogens (tertiary/aromatic N) is 1. The minimum atomic E-state index is -0.378. The molecule has 0 radical (unpaired) electrons. The first kappa shape index (κ1) is 18.0. The average Bonchev–Trinajstić information content (AvgIpc) is 2.53. The summed E-state index contributed by atoms with van der Waals surface area (Å²) < 4.78 is 5.03. The number of carbonyl (C=O) groups excluding carboxylic acids is 2. The van der Waals surface area contributed by atoms with E-state index in [9.17, 15) is 9.59 Å². The molecule has 1 N–H and O–H groups in total. The third kappa shape index (κ3) is 5.39. The van der Waals surface area contributed by atoms with Crippen LogP contribution >= 0.6 is 0 Å². The van der Waals surface area contributed by atoms with Crippen LogP contribution < -0.4 is 5.32 Å². The normalized spacial score (nSPS) is 10.1. The highest BCUT2D eigenvalue weighted by molar-refractivity contribution is 5.96. The van der Waals surface area contributed by atoms with Crippen LogP contribution in [0.1, 0.15) is 44.0 Å². The number of nitrogens with one attached hydrogen (secondary N) is 1. The third-order valence-corrected chi connectivity index (χ3v) is 3.19. The molecule has 22 heavy (non-hydrogen) atoms. The maximum absolute atomic E-state index is 12.3. The van der Waals surface area contributed by atoms with Crippen LogP contribution in [0, 0.1) is 0 Å². The van der Waals surface area contributed by atoms with E-state index in [0.717, 1.165) is 25.9 Å². The second-order valence-electron chi connectivity index (χ2n) is 5.00. The maximum Gasteiger partial charge on any atom is 0.340 e. The molecule has 0 fully saturated rings. The minimum Gasteiger partial charge on any atom is -0.462 e. The van der Waals surface area contributed by atoms with Gasteiger partial charge >= 0.3 is 5.97 Å². The first-order chi connectivity index (χ1) is 10.6. The number of anilines is 1. The summed E-state index contributed by atoms with van der Waals surface area (Å²) in [6.45, 7) is 7.90. The molecular formula is C17H26N2O3. The fourth-order valence-electron chi connectivity index (χ4n) is 2.21. The van der Waals surface area contributed by atoms with Crippen molar-refractivity contribution in [2.45, 2.75) is 33.6 Å². The molecular weight excluding hydrogens is 280 g/mol. The van der Waals surface area contributed by atoms with Crippen LogP contribution in [-0.2, 0) is 9.53 Å². The van der Waals surface area contributed by atoms with Gasteiger partial charge in [-0.3, -0.25) is 4.79 Å². The molecule has 0 atom stereocenters. The fraction of sp³-hybridized carbons (Fsp3) is 0.529. The molecule has 5 heteroatoms. The van der Waals surface area contributed by atoms with Gasteiger partial charge in [-0.25, -0.2) is 4.79 Å². The Morgan fingerprint density at radius 1 is 1.09 bits per heavy atom. The van der Waals surface area contributed by atoms with Crippen LogP contribution in [0.4, 0.5) is 5.69 Å². The van der Waals surface area contributed by atoms with Crippen LogP contribution in [0.3, 0.4) is 0 Å². The lowest BCUT2D eigenvalue weighted by molar-refractivity contribution is -0.129. The van der Waals surface area contributed by atoms with Crippen molar-refractivity contribution in [3.05, 3.63) is 29.8 Å². The molecule has 1 amide bonds. The van der Waals surface area contributed by atoms with Crippen molar-refractivity contribution in [3.63, 3.8) is 0 Å². The number of ether oxygens (including phenoxy) is 1. The summed E-state index contributed by atoms with van der Waals surface area (Å²) in [5, 5.41) is 3.06. The van der Waals surface area contributed by atoms with Crippen molar-refractivity contribution in [2.24, 2.45) is 0 Å². The Hall–Kier alpha value is -2.04. The van der Waals surface area contributed by atoms with E-state index in [4.69, 9.17) is 4.74 Å². The van der Waals surface area contributed by atoms with E-state index in [1.165, 1.54) is 0 Å². The molecule has 0 aliphatic heterocycles. The molecule has 0 heterocycles. The highest BCUT2D eigenvalue weighted by Crippen LogP contribution is 2.16. The van der Waals surface area contributed by atoms with Crippen LogP contribution in [0.5, 0.6) is 0 Å². The average molecular weight is 306 g/mol. The zero-order chi connectivity index (χ0) is 16.4. The summed E-state index contributed by atoms with van der Waals surface area (Å²) in [6.07, 6.45) is 1.87. The van der Waals surface area contributed by atoms with E-state index in [1.807, 2.05) is 11.0 Å². The van der Waals surface area contributed by atoms with Gasteiger partial charge in [0.2, 0.25) is 5.91 Å². The first-order valence-electron chi connectivity index (χ1n) is 7.91. The quantitative estimate of drug-likeness (QED) is 0.713.